The molecule has 0 aliphatic heterocycles. The van der Waals surface area contributed by atoms with E-state index in [2.05, 4.69) is 37.0 Å². The van der Waals surface area contributed by atoms with Crippen LogP contribution in [0.4, 0.5) is 0 Å². The molecule has 0 radical (unpaired) electrons. The summed E-state index contributed by atoms with van der Waals surface area (Å²) >= 11 is 0. The molecule has 0 saturated carbocycles. The average Bonchev–Trinajstić information content (AvgIpc) is 2.07. The molecule has 0 unspecified atom stereocenters. The molecule has 0 aromatic carbocycles. The van der Waals surface area contributed by atoms with Crippen molar-refractivity contribution in [2.45, 2.75) is 13.8 Å². The van der Waals surface area contributed by atoms with E-state index in [1.165, 1.54) is 0 Å². The molecule has 70 valence electrons. The van der Waals surface area contributed by atoms with Crippen molar-refractivity contribution in [1.82, 2.24) is 10.0 Å². The fourth-order valence-electron chi connectivity index (χ4n) is 1.23. The van der Waals surface area contributed by atoms with Gasteiger partial charge < -0.3 is 0 Å². The van der Waals surface area contributed by atoms with E-state index in [1.807, 2.05) is 12.2 Å². The van der Waals surface area contributed by atoms with Crippen LogP contribution in [0.5, 0.6) is 0 Å². The van der Waals surface area contributed by atoms with Gasteiger partial charge in [-0.3, -0.25) is 0 Å². The summed E-state index contributed by atoms with van der Waals surface area (Å²) in [4.78, 5) is 0. The molecular formula is C10H20N2. The van der Waals surface area contributed by atoms with Crippen molar-refractivity contribution in [3.8, 4) is 0 Å². The minimum atomic E-state index is 0.897. The molecular weight excluding hydrogens is 148 g/mol. The maximum atomic E-state index is 3.73. The third-order valence-corrected chi connectivity index (χ3v) is 1.81. The van der Waals surface area contributed by atoms with Crippen molar-refractivity contribution in [2.75, 3.05) is 26.2 Å². The maximum Gasteiger partial charge on any atom is 0.0315 e. The van der Waals surface area contributed by atoms with Crippen molar-refractivity contribution in [2.24, 2.45) is 0 Å². The second-order valence-corrected chi connectivity index (χ2v) is 2.59. The van der Waals surface area contributed by atoms with Crippen molar-refractivity contribution in [1.29, 1.82) is 0 Å². The van der Waals surface area contributed by atoms with Crippen LogP contribution in [0.3, 0.4) is 0 Å². The number of nitrogens with zero attached hydrogens (tertiary/aromatic N) is 2. The third-order valence-electron chi connectivity index (χ3n) is 1.81. The molecule has 0 N–H and O–H groups in total. The van der Waals surface area contributed by atoms with E-state index >= 15 is 0 Å². The number of hydrazine groups is 1. The molecule has 0 rings (SSSR count). The van der Waals surface area contributed by atoms with Gasteiger partial charge in [0.2, 0.25) is 0 Å². The van der Waals surface area contributed by atoms with Crippen LogP contribution in [0, 0.1) is 0 Å². The summed E-state index contributed by atoms with van der Waals surface area (Å²) in [5, 5.41) is 4.52. The van der Waals surface area contributed by atoms with E-state index in [9.17, 15) is 0 Å². The first-order valence-corrected chi connectivity index (χ1v) is 4.51. The summed E-state index contributed by atoms with van der Waals surface area (Å²) in [7, 11) is 0. The quantitative estimate of drug-likeness (QED) is 0.423. The van der Waals surface area contributed by atoms with Gasteiger partial charge in [-0.25, -0.2) is 10.0 Å². The van der Waals surface area contributed by atoms with Gasteiger partial charge in [0.1, 0.15) is 0 Å². The molecule has 0 heterocycles. The second-order valence-electron chi connectivity index (χ2n) is 2.59. The van der Waals surface area contributed by atoms with E-state index in [1.54, 1.807) is 0 Å². The monoisotopic (exact) mass is 168 g/mol. The zero-order chi connectivity index (χ0) is 9.40. The SMILES string of the molecule is C=CCN(CC=C)N(CC)CC. The van der Waals surface area contributed by atoms with Gasteiger partial charge in [-0.2, -0.15) is 0 Å². The average molecular weight is 168 g/mol. The van der Waals surface area contributed by atoms with Crippen LogP contribution >= 0.6 is 0 Å². The van der Waals surface area contributed by atoms with E-state index in [0.29, 0.717) is 0 Å². The fourth-order valence-corrected chi connectivity index (χ4v) is 1.23. The summed E-state index contributed by atoms with van der Waals surface area (Å²) in [6, 6.07) is 0. The lowest BCUT2D eigenvalue weighted by Gasteiger charge is -2.31. The normalized spacial score (nSPS) is 10.7. The topological polar surface area (TPSA) is 6.48 Å². The molecule has 0 aliphatic rings. The Balaban J connectivity index is 4.02. The van der Waals surface area contributed by atoms with Gasteiger partial charge in [0, 0.05) is 26.2 Å². The molecule has 12 heavy (non-hydrogen) atoms. The minimum Gasteiger partial charge on any atom is -0.242 e. The molecule has 0 fully saturated rings. The highest BCUT2D eigenvalue weighted by atomic mass is 15.6. The Morgan fingerprint density at radius 1 is 0.917 bits per heavy atom. The van der Waals surface area contributed by atoms with E-state index in [-0.39, 0.29) is 0 Å². The lowest BCUT2D eigenvalue weighted by atomic mass is 10.5. The van der Waals surface area contributed by atoms with Crippen LogP contribution in [0.1, 0.15) is 13.8 Å². The predicted molar refractivity (Wildman–Crippen MR) is 54.9 cm³/mol. The fraction of sp³-hybridized carbons (Fsp3) is 0.600. The van der Waals surface area contributed by atoms with Crippen LogP contribution in [0.15, 0.2) is 25.3 Å². The lowest BCUT2D eigenvalue weighted by molar-refractivity contribution is 0.00601. The zero-order valence-electron chi connectivity index (χ0n) is 8.29. The summed E-state index contributed by atoms with van der Waals surface area (Å²) in [6.45, 7) is 15.6. The molecule has 0 aromatic rings. The molecule has 2 nitrogen and oxygen atoms in total. The molecule has 0 aliphatic carbocycles. The summed E-state index contributed by atoms with van der Waals surface area (Å²) in [5.41, 5.74) is 0. The van der Waals surface area contributed by atoms with Crippen LogP contribution in [-0.4, -0.2) is 36.2 Å². The number of hydrogen-bond acceptors (Lipinski definition) is 2. The van der Waals surface area contributed by atoms with Gasteiger partial charge in [-0.1, -0.05) is 26.0 Å². The van der Waals surface area contributed by atoms with Gasteiger partial charge in [0.25, 0.3) is 0 Å². The first-order chi connectivity index (χ1) is 5.79. The Bertz CT molecular complexity index is 118. The standard InChI is InChI=1S/C10H20N2/c1-5-9-12(10-6-2)11(7-3)8-4/h5-6H,1-2,7-10H2,3-4H3. The Kier molecular flexibility index (Phi) is 6.72. The first kappa shape index (κ1) is 11.4. The summed E-state index contributed by atoms with van der Waals surface area (Å²) in [6.07, 6.45) is 3.84. The van der Waals surface area contributed by atoms with E-state index in [0.717, 1.165) is 26.2 Å². The maximum absolute atomic E-state index is 3.73. The van der Waals surface area contributed by atoms with Gasteiger partial charge in [-0.15, -0.1) is 13.2 Å². The van der Waals surface area contributed by atoms with Gasteiger partial charge >= 0.3 is 0 Å². The number of hydrogen-bond donors (Lipinski definition) is 0. The minimum absolute atomic E-state index is 0.897. The predicted octanol–water partition coefficient (Wildman–Crippen LogP) is 1.92. The largest absolute Gasteiger partial charge is 0.242 e. The molecule has 0 bridgehead atoms. The van der Waals surface area contributed by atoms with Crippen LogP contribution in [-0.2, 0) is 0 Å². The van der Waals surface area contributed by atoms with E-state index in [4.69, 9.17) is 0 Å². The molecule has 0 amide bonds. The Morgan fingerprint density at radius 2 is 1.33 bits per heavy atom. The first-order valence-electron chi connectivity index (χ1n) is 4.51. The highest BCUT2D eigenvalue weighted by Gasteiger charge is 2.07. The highest BCUT2D eigenvalue weighted by Crippen LogP contribution is 1.97. The van der Waals surface area contributed by atoms with Crippen molar-refractivity contribution in [3.63, 3.8) is 0 Å². The lowest BCUT2D eigenvalue weighted by Crippen LogP contribution is -2.42. The molecule has 0 atom stereocenters. The molecule has 2 heteroatoms. The highest BCUT2D eigenvalue weighted by molar-refractivity contribution is 4.78. The molecule has 0 spiro atoms. The second kappa shape index (κ2) is 7.07. The van der Waals surface area contributed by atoms with Gasteiger partial charge in [0.15, 0.2) is 0 Å². The Hall–Kier alpha value is -0.600. The van der Waals surface area contributed by atoms with Crippen molar-refractivity contribution < 1.29 is 0 Å². The van der Waals surface area contributed by atoms with Gasteiger partial charge in [0.05, 0.1) is 0 Å². The van der Waals surface area contributed by atoms with Crippen LogP contribution in [0.25, 0.3) is 0 Å². The van der Waals surface area contributed by atoms with Gasteiger partial charge in [-0.05, 0) is 0 Å². The summed E-state index contributed by atoms with van der Waals surface area (Å²) in [5.74, 6) is 0. The van der Waals surface area contributed by atoms with Crippen LogP contribution < -0.4 is 0 Å². The van der Waals surface area contributed by atoms with E-state index < -0.39 is 0 Å². The Morgan fingerprint density at radius 3 is 1.58 bits per heavy atom. The van der Waals surface area contributed by atoms with Crippen molar-refractivity contribution in [3.05, 3.63) is 25.3 Å². The number of rotatable bonds is 7. The molecule has 0 aromatic heterocycles. The smallest absolute Gasteiger partial charge is 0.0315 e. The zero-order valence-corrected chi connectivity index (χ0v) is 8.29. The third kappa shape index (κ3) is 3.69. The molecule has 0 saturated heterocycles. The Labute approximate surface area is 76.1 Å². The van der Waals surface area contributed by atoms with Crippen LogP contribution in [0.2, 0.25) is 0 Å². The van der Waals surface area contributed by atoms with Crippen molar-refractivity contribution >= 4 is 0 Å². The summed E-state index contributed by atoms with van der Waals surface area (Å²) < 4.78 is 0.